The summed E-state index contributed by atoms with van der Waals surface area (Å²) in [5.41, 5.74) is 2.63. The van der Waals surface area contributed by atoms with E-state index in [1.54, 1.807) is 12.1 Å². The number of carbonyl (C=O) groups is 1. The molecule has 18 heavy (non-hydrogen) atoms. The molecule has 0 spiro atoms. The first-order chi connectivity index (χ1) is 8.69. The Morgan fingerprint density at radius 1 is 1.00 bits per heavy atom. The Morgan fingerprint density at radius 2 is 1.50 bits per heavy atom. The number of methoxy groups -OCH3 is 1. The number of rotatable bonds is 3. The minimum atomic E-state index is -0.326. The highest BCUT2D eigenvalue weighted by Gasteiger charge is 2.04. The van der Waals surface area contributed by atoms with Gasteiger partial charge in [-0.3, -0.25) is 0 Å². The minimum absolute atomic E-state index is 0.326. The molecule has 1 radical (unpaired) electrons. The third-order valence-electron chi connectivity index (χ3n) is 2.54. The van der Waals surface area contributed by atoms with E-state index in [1.165, 1.54) is 7.11 Å². The van der Waals surface area contributed by atoms with Gasteiger partial charge in [0.05, 0.1) is 12.7 Å². The molecule has 0 saturated heterocycles. The molecule has 0 bridgehead atoms. The van der Waals surface area contributed by atoms with E-state index in [2.05, 4.69) is 4.74 Å². The van der Waals surface area contributed by atoms with Crippen LogP contribution < -0.4 is 0 Å². The van der Waals surface area contributed by atoms with Crippen molar-refractivity contribution in [3.8, 4) is 0 Å². The fourth-order valence-corrected chi connectivity index (χ4v) is 1.71. The number of benzene rings is 2. The lowest BCUT2D eigenvalue weighted by molar-refractivity contribution is 0.0601. The standard InChI is InChI=1S/C15H12ClO2/c1-18-15(17)13-6-2-11(3-7-13)10-12-4-8-14(16)9-5-12/h2-10H,1H3. The molecule has 2 aromatic carbocycles. The first-order valence-electron chi connectivity index (χ1n) is 5.48. The van der Waals surface area contributed by atoms with Gasteiger partial charge in [0.2, 0.25) is 0 Å². The Morgan fingerprint density at radius 3 is 2.00 bits per heavy atom. The second-order valence-corrected chi connectivity index (χ2v) is 4.25. The quantitative estimate of drug-likeness (QED) is 0.785. The molecule has 0 aliphatic rings. The second kappa shape index (κ2) is 5.69. The highest BCUT2D eigenvalue weighted by Crippen LogP contribution is 2.16. The van der Waals surface area contributed by atoms with Crippen LogP contribution in [0.4, 0.5) is 0 Å². The summed E-state index contributed by atoms with van der Waals surface area (Å²) in [6.45, 7) is 0. The molecule has 0 unspecified atom stereocenters. The summed E-state index contributed by atoms with van der Waals surface area (Å²) >= 11 is 5.82. The SMILES string of the molecule is COC(=O)c1ccc([CH]c2ccc(Cl)cc2)cc1. The van der Waals surface area contributed by atoms with Crippen LogP contribution in [-0.4, -0.2) is 13.1 Å². The summed E-state index contributed by atoms with van der Waals surface area (Å²) in [5.74, 6) is -0.326. The van der Waals surface area contributed by atoms with Crippen LogP contribution in [0.1, 0.15) is 21.5 Å². The van der Waals surface area contributed by atoms with Gasteiger partial charge < -0.3 is 4.74 Å². The molecule has 3 heteroatoms. The van der Waals surface area contributed by atoms with Gasteiger partial charge >= 0.3 is 5.97 Å². The lowest BCUT2D eigenvalue weighted by atomic mass is 10.0. The summed E-state index contributed by atoms with van der Waals surface area (Å²) in [6.07, 6.45) is 2.01. The van der Waals surface area contributed by atoms with Crippen molar-refractivity contribution in [2.45, 2.75) is 0 Å². The van der Waals surface area contributed by atoms with Gasteiger partial charge in [0.15, 0.2) is 0 Å². The maximum Gasteiger partial charge on any atom is 0.337 e. The maximum absolute atomic E-state index is 11.3. The van der Waals surface area contributed by atoms with Gasteiger partial charge in [0.1, 0.15) is 0 Å². The molecule has 0 aliphatic heterocycles. The van der Waals surface area contributed by atoms with Crippen molar-refractivity contribution in [1.29, 1.82) is 0 Å². The van der Waals surface area contributed by atoms with Crippen molar-refractivity contribution in [3.05, 3.63) is 76.7 Å². The number of halogens is 1. The Bertz CT molecular complexity index is 529. The van der Waals surface area contributed by atoms with Crippen LogP contribution in [0.25, 0.3) is 0 Å². The number of hydrogen-bond donors (Lipinski definition) is 0. The fraction of sp³-hybridized carbons (Fsp3) is 0.0667. The number of ether oxygens (including phenoxy) is 1. The van der Waals surface area contributed by atoms with E-state index < -0.39 is 0 Å². The fourth-order valence-electron chi connectivity index (χ4n) is 1.58. The number of esters is 1. The summed E-state index contributed by atoms with van der Waals surface area (Å²) in [4.78, 5) is 11.3. The van der Waals surface area contributed by atoms with Gasteiger partial charge in [-0.2, -0.15) is 0 Å². The van der Waals surface area contributed by atoms with E-state index in [0.717, 1.165) is 11.1 Å². The van der Waals surface area contributed by atoms with Crippen LogP contribution in [0.2, 0.25) is 5.02 Å². The summed E-state index contributed by atoms with van der Waals surface area (Å²) < 4.78 is 4.64. The van der Waals surface area contributed by atoms with Gasteiger partial charge in [-0.1, -0.05) is 35.9 Å². The van der Waals surface area contributed by atoms with Crippen molar-refractivity contribution >= 4 is 17.6 Å². The molecule has 0 aliphatic carbocycles. The Kier molecular flexibility index (Phi) is 4.00. The zero-order valence-corrected chi connectivity index (χ0v) is 10.6. The van der Waals surface area contributed by atoms with Crippen molar-refractivity contribution in [1.82, 2.24) is 0 Å². The lowest BCUT2D eigenvalue weighted by Gasteiger charge is -2.03. The maximum atomic E-state index is 11.3. The molecule has 91 valence electrons. The third kappa shape index (κ3) is 3.11. The van der Waals surface area contributed by atoms with Crippen LogP contribution >= 0.6 is 11.6 Å². The Labute approximate surface area is 111 Å². The molecule has 0 atom stereocenters. The van der Waals surface area contributed by atoms with Crippen molar-refractivity contribution in [2.75, 3.05) is 7.11 Å². The molecule has 0 saturated carbocycles. The monoisotopic (exact) mass is 259 g/mol. The smallest absolute Gasteiger partial charge is 0.337 e. The largest absolute Gasteiger partial charge is 0.465 e. The lowest BCUT2D eigenvalue weighted by Crippen LogP contribution is -2.00. The molecule has 0 amide bonds. The molecular formula is C15H12ClO2. The average molecular weight is 260 g/mol. The van der Waals surface area contributed by atoms with Gasteiger partial charge in [-0.15, -0.1) is 0 Å². The van der Waals surface area contributed by atoms with Crippen LogP contribution in [-0.2, 0) is 4.74 Å². The summed E-state index contributed by atoms with van der Waals surface area (Å²) in [7, 11) is 1.37. The van der Waals surface area contributed by atoms with Crippen LogP contribution in [0.15, 0.2) is 48.5 Å². The van der Waals surface area contributed by atoms with Gasteiger partial charge in [0.25, 0.3) is 0 Å². The first-order valence-corrected chi connectivity index (χ1v) is 5.85. The van der Waals surface area contributed by atoms with E-state index in [1.807, 2.05) is 42.8 Å². The Balaban J connectivity index is 2.10. The first kappa shape index (κ1) is 12.7. The van der Waals surface area contributed by atoms with E-state index in [4.69, 9.17) is 11.6 Å². The minimum Gasteiger partial charge on any atom is -0.465 e. The molecule has 0 aromatic heterocycles. The second-order valence-electron chi connectivity index (χ2n) is 3.81. The predicted molar refractivity (Wildman–Crippen MR) is 71.7 cm³/mol. The topological polar surface area (TPSA) is 26.3 Å². The zero-order chi connectivity index (χ0) is 13.0. The predicted octanol–water partition coefficient (Wildman–Crippen LogP) is 3.73. The van der Waals surface area contributed by atoms with Crippen molar-refractivity contribution in [2.24, 2.45) is 0 Å². The van der Waals surface area contributed by atoms with Crippen molar-refractivity contribution in [3.63, 3.8) is 0 Å². The van der Waals surface area contributed by atoms with Gasteiger partial charge in [0, 0.05) is 11.4 Å². The normalized spacial score (nSPS) is 10.1. The summed E-state index contributed by atoms with van der Waals surface area (Å²) in [5, 5.41) is 0.716. The van der Waals surface area contributed by atoms with E-state index >= 15 is 0 Å². The molecule has 0 fully saturated rings. The van der Waals surface area contributed by atoms with Crippen LogP contribution in [0, 0.1) is 6.42 Å². The molecule has 0 heterocycles. The number of hydrogen-bond acceptors (Lipinski definition) is 2. The zero-order valence-electron chi connectivity index (χ0n) is 9.89. The number of carbonyl (C=O) groups excluding carboxylic acids is 1. The molecular weight excluding hydrogens is 248 g/mol. The van der Waals surface area contributed by atoms with Crippen LogP contribution in [0.5, 0.6) is 0 Å². The van der Waals surface area contributed by atoms with E-state index in [0.29, 0.717) is 10.6 Å². The van der Waals surface area contributed by atoms with Gasteiger partial charge in [-0.05, 0) is 35.4 Å². The molecule has 0 N–H and O–H groups in total. The third-order valence-corrected chi connectivity index (χ3v) is 2.79. The summed E-state index contributed by atoms with van der Waals surface area (Å²) in [6, 6.07) is 14.8. The van der Waals surface area contributed by atoms with E-state index in [-0.39, 0.29) is 5.97 Å². The van der Waals surface area contributed by atoms with E-state index in [9.17, 15) is 4.79 Å². The van der Waals surface area contributed by atoms with Gasteiger partial charge in [-0.25, -0.2) is 4.79 Å². The molecule has 2 nitrogen and oxygen atoms in total. The average Bonchev–Trinajstić information content (AvgIpc) is 2.41. The highest BCUT2D eigenvalue weighted by atomic mass is 35.5. The molecule has 2 aromatic rings. The molecule has 2 rings (SSSR count). The van der Waals surface area contributed by atoms with Crippen LogP contribution in [0.3, 0.4) is 0 Å². The Hall–Kier alpha value is -1.80. The highest BCUT2D eigenvalue weighted by molar-refractivity contribution is 6.30. The van der Waals surface area contributed by atoms with Crippen molar-refractivity contribution < 1.29 is 9.53 Å².